The summed E-state index contributed by atoms with van der Waals surface area (Å²) in [4.78, 5) is 24.8. The lowest BCUT2D eigenvalue weighted by molar-refractivity contribution is -0.384. The molecule has 0 atom stereocenters. The maximum absolute atomic E-state index is 12.6. The number of fused-ring (bicyclic) bond motifs is 1. The van der Waals surface area contributed by atoms with Gasteiger partial charge in [-0.1, -0.05) is 0 Å². The van der Waals surface area contributed by atoms with E-state index in [1.54, 1.807) is 11.0 Å². The van der Waals surface area contributed by atoms with Crippen molar-refractivity contribution in [1.29, 1.82) is 0 Å². The molecule has 124 valence electrons. The molecule has 1 saturated heterocycles. The van der Waals surface area contributed by atoms with Crippen LogP contribution in [-0.2, 0) is 0 Å². The lowest BCUT2D eigenvalue weighted by Crippen LogP contribution is -2.44. The Morgan fingerprint density at radius 3 is 2.74 bits per heavy atom. The number of hydrogen-bond acceptors (Lipinski definition) is 5. The molecule has 0 spiro atoms. The second kappa shape index (κ2) is 6.93. The fourth-order valence-corrected chi connectivity index (χ4v) is 2.80. The summed E-state index contributed by atoms with van der Waals surface area (Å²) < 4.78 is 0. The number of rotatable bonds is 3. The summed E-state index contributed by atoms with van der Waals surface area (Å²) in [5.74, 6) is -0.179. The minimum atomic E-state index is -0.473. The molecule has 23 heavy (non-hydrogen) atoms. The van der Waals surface area contributed by atoms with Crippen LogP contribution in [0, 0.1) is 10.1 Å². The first kappa shape index (κ1) is 17.2. The molecule has 2 heterocycles. The molecule has 1 aliphatic heterocycles. The Hall–Kier alpha value is -2.19. The summed E-state index contributed by atoms with van der Waals surface area (Å²) in [7, 11) is 1.92. The molecule has 1 aliphatic rings. The van der Waals surface area contributed by atoms with Crippen LogP contribution in [0.1, 0.15) is 23.3 Å². The average Bonchev–Trinajstić information content (AvgIpc) is 2.97. The minimum Gasteiger partial charge on any atom is -0.337 e. The molecule has 1 amide bonds. The molecule has 9 heteroatoms. The SMILES string of the molecule is CNC1CCN(C(=O)c2n[nH]c3ccc([N+](=O)[O-])cc23)CC1.Cl. The topological polar surface area (TPSA) is 104 Å². The van der Waals surface area contributed by atoms with Crippen molar-refractivity contribution in [2.75, 3.05) is 20.1 Å². The van der Waals surface area contributed by atoms with Gasteiger partial charge in [-0.05, 0) is 26.0 Å². The molecular weight excluding hydrogens is 322 g/mol. The summed E-state index contributed by atoms with van der Waals surface area (Å²) in [6.45, 7) is 1.32. The maximum Gasteiger partial charge on any atom is 0.274 e. The van der Waals surface area contributed by atoms with E-state index in [4.69, 9.17) is 0 Å². The van der Waals surface area contributed by atoms with Crippen molar-refractivity contribution in [3.8, 4) is 0 Å². The molecule has 2 N–H and O–H groups in total. The fourth-order valence-electron chi connectivity index (χ4n) is 2.80. The number of halogens is 1. The molecule has 0 saturated carbocycles. The fraction of sp³-hybridized carbons (Fsp3) is 0.429. The number of nitrogens with zero attached hydrogens (tertiary/aromatic N) is 3. The molecule has 8 nitrogen and oxygen atoms in total. The number of nitro groups is 1. The summed E-state index contributed by atoms with van der Waals surface area (Å²) in [5.41, 5.74) is 0.831. The number of carbonyl (C=O) groups is 1. The van der Waals surface area contributed by atoms with Crippen molar-refractivity contribution >= 4 is 34.9 Å². The van der Waals surface area contributed by atoms with Gasteiger partial charge < -0.3 is 10.2 Å². The number of aromatic nitrogens is 2. The summed E-state index contributed by atoms with van der Waals surface area (Å²) in [6.07, 6.45) is 1.79. The van der Waals surface area contributed by atoms with Gasteiger partial charge in [-0.3, -0.25) is 20.0 Å². The van der Waals surface area contributed by atoms with E-state index in [1.165, 1.54) is 12.1 Å². The lowest BCUT2D eigenvalue weighted by Gasteiger charge is -2.31. The number of likely N-dealkylation sites (tertiary alicyclic amines) is 1. The quantitative estimate of drug-likeness (QED) is 0.654. The highest BCUT2D eigenvalue weighted by Gasteiger charge is 2.26. The smallest absolute Gasteiger partial charge is 0.274 e. The molecule has 1 aromatic heterocycles. The second-order valence-corrected chi connectivity index (χ2v) is 5.41. The van der Waals surface area contributed by atoms with Gasteiger partial charge in [0.05, 0.1) is 10.4 Å². The summed E-state index contributed by atoms with van der Waals surface area (Å²) in [6, 6.07) is 4.80. The van der Waals surface area contributed by atoms with Crippen LogP contribution in [0.25, 0.3) is 10.9 Å². The standard InChI is InChI=1S/C14H17N5O3.ClH/c1-15-9-4-6-18(7-5-9)14(20)13-11-8-10(19(21)22)2-3-12(11)16-17-13;/h2-3,8-9,15H,4-7H2,1H3,(H,16,17);1H. The molecule has 3 rings (SSSR count). The van der Waals surface area contributed by atoms with Crippen LogP contribution in [0.3, 0.4) is 0 Å². The first-order valence-corrected chi connectivity index (χ1v) is 7.19. The van der Waals surface area contributed by atoms with E-state index in [0.717, 1.165) is 12.8 Å². The minimum absolute atomic E-state index is 0. The van der Waals surface area contributed by atoms with Crippen LogP contribution < -0.4 is 5.32 Å². The number of piperidine rings is 1. The number of hydrogen-bond donors (Lipinski definition) is 2. The number of benzene rings is 1. The van der Waals surface area contributed by atoms with Gasteiger partial charge in [0.25, 0.3) is 11.6 Å². The number of nitrogens with one attached hydrogen (secondary N) is 2. The second-order valence-electron chi connectivity index (χ2n) is 5.41. The molecular formula is C14H18ClN5O3. The molecule has 0 radical (unpaired) electrons. The van der Waals surface area contributed by atoms with Crippen molar-refractivity contribution in [2.24, 2.45) is 0 Å². The Balaban J connectivity index is 0.00000192. The lowest BCUT2D eigenvalue weighted by atomic mass is 10.0. The number of H-pyrrole nitrogens is 1. The predicted octanol–water partition coefficient (Wildman–Crippen LogP) is 1.72. The Bertz CT molecular complexity index is 724. The normalized spacial score (nSPS) is 15.4. The van der Waals surface area contributed by atoms with Crippen LogP contribution in [-0.4, -0.2) is 52.1 Å². The van der Waals surface area contributed by atoms with Gasteiger partial charge in [-0.25, -0.2) is 0 Å². The highest BCUT2D eigenvalue weighted by molar-refractivity contribution is 6.05. The zero-order valence-corrected chi connectivity index (χ0v) is 13.4. The predicted molar refractivity (Wildman–Crippen MR) is 88.0 cm³/mol. The zero-order valence-electron chi connectivity index (χ0n) is 12.6. The molecule has 0 unspecified atom stereocenters. The summed E-state index contributed by atoms with van der Waals surface area (Å²) in [5, 5.41) is 21.4. The van der Waals surface area contributed by atoms with Gasteiger partial charge in [0.15, 0.2) is 5.69 Å². The largest absolute Gasteiger partial charge is 0.337 e. The van der Waals surface area contributed by atoms with Gasteiger partial charge in [0.1, 0.15) is 0 Å². The van der Waals surface area contributed by atoms with Crippen LogP contribution in [0.4, 0.5) is 5.69 Å². The van der Waals surface area contributed by atoms with Gasteiger partial charge in [0.2, 0.25) is 0 Å². The molecule has 0 aliphatic carbocycles. The van der Waals surface area contributed by atoms with Crippen molar-refractivity contribution in [3.05, 3.63) is 34.0 Å². The number of nitro benzene ring substituents is 1. The van der Waals surface area contributed by atoms with Gasteiger partial charge >= 0.3 is 0 Å². The highest BCUT2D eigenvalue weighted by Crippen LogP contribution is 2.24. The van der Waals surface area contributed by atoms with Crippen molar-refractivity contribution < 1.29 is 9.72 Å². The van der Waals surface area contributed by atoms with Gasteiger partial charge in [-0.15, -0.1) is 12.4 Å². The Labute approximate surface area is 138 Å². The highest BCUT2D eigenvalue weighted by atomic mass is 35.5. The number of amides is 1. The average molecular weight is 340 g/mol. The Morgan fingerprint density at radius 1 is 1.43 bits per heavy atom. The third-order valence-corrected chi connectivity index (χ3v) is 4.15. The van der Waals surface area contributed by atoms with Crippen molar-refractivity contribution in [1.82, 2.24) is 20.4 Å². The number of aromatic amines is 1. The monoisotopic (exact) mass is 339 g/mol. The molecule has 1 aromatic carbocycles. The molecule has 2 aromatic rings. The maximum atomic E-state index is 12.6. The van der Waals surface area contributed by atoms with Gasteiger partial charge in [0, 0.05) is 36.7 Å². The van der Waals surface area contributed by atoms with Crippen LogP contribution in [0.5, 0.6) is 0 Å². The molecule has 1 fully saturated rings. The number of non-ortho nitro benzene ring substituents is 1. The Morgan fingerprint density at radius 2 is 2.13 bits per heavy atom. The van der Waals surface area contributed by atoms with Gasteiger partial charge in [-0.2, -0.15) is 5.10 Å². The summed E-state index contributed by atoms with van der Waals surface area (Å²) >= 11 is 0. The van der Waals surface area contributed by atoms with E-state index in [2.05, 4.69) is 15.5 Å². The first-order valence-electron chi connectivity index (χ1n) is 7.19. The van der Waals surface area contributed by atoms with E-state index in [9.17, 15) is 14.9 Å². The van der Waals surface area contributed by atoms with E-state index < -0.39 is 4.92 Å². The van der Waals surface area contributed by atoms with Crippen molar-refractivity contribution in [2.45, 2.75) is 18.9 Å². The van der Waals surface area contributed by atoms with Crippen LogP contribution >= 0.6 is 12.4 Å². The third kappa shape index (κ3) is 3.27. The molecule has 0 bridgehead atoms. The zero-order chi connectivity index (χ0) is 15.7. The van der Waals surface area contributed by atoms with Crippen LogP contribution in [0.2, 0.25) is 0 Å². The van der Waals surface area contributed by atoms with Crippen LogP contribution in [0.15, 0.2) is 18.2 Å². The van der Waals surface area contributed by atoms with Crippen molar-refractivity contribution in [3.63, 3.8) is 0 Å². The van der Waals surface area contributed by atoms with E-state index in [-0.39, 0.29) is 29.7 Å². The number of carbonyl (C=O) groups excluding carboxylic acids is 1. The third-order valence-electron chi connectivity index (χ3n) is 4.15. The van der Waals surface area contributed by atoms with E-state index in [0.29, 0.717) is 30.0 Å². The van der Waals surface area contributed by atoms with E-state index in [1.807, 2.05) is 7.05 Å². The first-order chi connectivity index (χ1) is 10.6. The Kier molecular flexibility index (Phi) is 5.17. The van der Waals surface area contributed by atoms with E-state index >= 15 is 0 Å².